The number of aromatic nitrogens is 4. The Hall–Kier alpha value is -3.36. The summed E-state index contributed by atoms with van der Waals surface area (Å²) in [6, 6.07) is 5.00. The molecular weight excluding hydrogens is 344 g/mol. The molecule has 0 bridgehead atoms. The number of halogens is 2. The van der Waals surface area contributed by atoms with Gasteiger partial charge < -0.3 is 15.2 Å². The van der Waals surface area contributed by atoms with E-state index in [1.54, 1.807) is 30.6 Å². The van der Waals surface area contributed by atoms with Gasteiger partial charge in [0.25, 0.3) is 0 Å². The zero-order valence-electron chi connectivity index (χ0n) is 13.8. The molecule has 0 saturated carbocycles. The van der Waals surface area contributed by atoms with E-state index in [4.69, 9.17) is 10.5 Å². The van der Waals surface area contributed by atoms with Crippen LogP contribution in [-0.4, -0.2) is 33.7 Å². The topological polar surface area (TPSA) is 96.0 Å². The largest absolute Gasteiger partial charge is 0.481 e. The van der Waals surface area contributed by atoms with Crippen LogP contribution in [0.15, 0.2) is 43.0 Å². The van der Waals surface area contributed by atoms with Gasteiger partial charge in [-0.15, -0.1) is 0 Å². The summed E-state index contributed by atoms with van der Waals surface area (Å²) in [5.41, 5.74) is 8.05. The summed E-state index contributed by atoms with van der Waals surface area (Å²) in [6.07, 6.45) is 6.64. The fourth-order valence-corrected chi connectivity index (χ4v) is 2.36. The van der Waals surface area contributed by atoms with Gasteiger partial charge in [0.05, 0.1) is 7.11 Å². The van der Waals surface area contributed by atoms with E-state index in [2.05, 4.69) is 24.7 Å². The van der Waals surface area contributed by atoms with Crippen LogP contribution in [0.2, 0.25) is 0 Å². The minimum Gasteiger partial charge on any atom is -0.481 e. The quantitative estimate of drug-likeness (QED) is 0.723. The zero-order valence-corrected chi connectivity index (χ0v) is 13.8. The van der Waals surface area contributed by atoms with E-state index in [1.807, 2.05) is 0 Å². The van der Waals surface area contributed by atoms with Gasteiger partial charge in [-0.1, -0.05) is 0 Å². The number of anilines is 1. The van der Waals surface area contributed by atoms with Crippen LogP contribution >= 0.6 is 0 Å². The average Bonchev–Trinajstić information content (AvgIpc) is 2.64. The lowest BCUT2D eigenvalue weighted by atomic mass is 10.0. The molecule has 0 aromatic carbocycles. The number of rotatable bonds is 6. The van der Waals surface area contributed by atoms with Gasteiger partial charge >= 0.3 is 6.61 Å². The molecular formula is C17H15F2N5O2. The highest BCUT2D eigenvalue weighted by Gasteiger charge is 2.15. The van der Waals surface area contributed by atoms with Crippen molar-refractivity contribution in [2.24, 2.45) is 0 Å². The van der Waals surface area contributed by atoms with Crippen LogP contribution in [0.5, 0.6) is 11.8 Å². The maximum absolute atomic E-state index is 12.7. The minimum atomic E-state index is -2.98. The van der Waals surface area contributed by atoms with Gasteiger partial charge in [0, 0.05) is 42.8 Å². The van der Waals surface area contributed by atoms with Crippen LogP contribution in [0.4, 0.5) is 14.7 Å². The third kappa shape index (κ3) is 4.18. The van der Waals surface area contributed by atoms with E-state index >= 15 is 0 Å². The van der Waals surface area contributed by atoms with Gasteiger partial charge in [-0.2, -0.15) is 8.78 Å². The number of nitrogens with two attached hydrogens (primary N) is 1. The Kier molecular flexibility index (Phi) is 5.16. The molecule has 2 N–H and O–H groups in total. The van der Waals surface area contributed by atoms with E-state index in [1.165, 1.54) is 19.5 Å². The highest BCUT2D eigenvalue weighted by Crippen LogP contribution is 2.32. The van der Waals surface area contributed by atoms with Gasteiger partial charge in [-0.25, -0.2) is 19.9 Å². The predicted octanol–water partition coefficient (Wildman–Crippen LogP) is 2.72. The van der Waals surface area contributed by atoms with Gasteiger partial charge in [-0.3, -0.25) is 0 Å². The molecule has 0 aliphatic heterocycles. The molecule has 0 amide bonds. The number of nitrogens with zero attached hydrogens (tertiary/aromatic N) is 4. The summed E-state index contributed by atoms with van der Waals surface area (Å²) in [4.78, 5) is 15.9. The molecule has 3 aromatic rings. The van der Waals surface area contributed by atoms with Crippen LogP contribution in [0.25, 0.3) is 11.1 Å². The summed E-state index contributed by atoms with van der Waals surface area (Å²) in [5.74, 6) is 0.352. The molecule has 3 aromatic heterocycles. The first kappa shape index (κ1) is 17.5. The van der Waals surface area contributed by atoms with Crippen LogP contribution in [-0.2, 0) is 6.42 Å². The molecule has 0 aliphatic rings. The number of pyridine rings is 2. The fourth-order valence-electron chi connectivity index (χ4n) is 2.36. The maximum atomic E-state index is 12.7. The summed E-state index contributed by atoms with van der Waals surface area (Å²) in [5, 5.41) is 0. The lowest BCUT2D eigenvalue weighted by molar-refractivity contribution is -0.0524. The van der Waals surface area contributed by atoms with E-state index < -0.39 is 6.61 Å². The van der Waals surface area contributed by atoms with Crippen molar-refractivity contribution < 1.29 is 18.3 Å². The highest BCUT2D eigenvalue weighted by atomic mass is 19.3. The molecule has 134 valence electrons. The number of alkyl halides is 2. The second-order valence-electron chi connectivity index (χ2n) is 5.29. The van der Waals surface area contributed by atoms with Gasteiger partial charge in [0.1, 0.15) is 0 Å². The molecule has 3 heterocycles. The molecule has 7 nitrogen and oxygen atoms in total. The number of methoxy groups -OCH3 is 1. The van der Waals surface area contributed by atoms with Crippen LogP contribution in [0.3, 0.4) is 0 Å². The van der Waals surface area contributed by atoms with Crippen molar-refractivity contribution in [2.45, 2.75) is 13.0 Å². The lowest BCUT2D eigenvalue weighted by Gasteiger charge is -2.12. The predicted molar refractivity (Wildman–Crippen MR) is 89.9 cm³/mol. The van der Waals surface area contributed by atoms with Crippen LogP contribution in [0, 0.1) is 0 Å². The maximum Gasteiger partial charge on any atom is 0.388 e. The average molecular weight is 359 g/mol. The molecule has 3 rings (SSSR count). The van der Waals surface area contributed by atoms with Crippen LogP contribution in [0.1, 0.15) is 11.1 Å². The first-order valence-electron chi connectivity index (χ1n) is 7.55. The van der Waals surface area contributed by atoms with E-state index in [0.717, 1.165) is 11.1 Å². The summed E-state index contributed by atoms with van der Waals surface area (Å²) < 4.78 is 35.1. The molecule has 0 spiro atoms. The fraction of sp³-hybridized carbons (Fsp3) is 0.176. The molecule has 0 fully saturated rings. The Morgan fingerprint density at radius 3 is 2.46 bits per heavy atom. The van der Waals surface area contributed by atoms with Gasteiger partial charge in [0.15, 0.2) is 0 Å². The van der Waals surface area contributed by atoms with Crippen molar-refractivity contribution >= 4 is 5.95 Å². The first-order chi connectivity index (χ1) is 12.5. The Morgan fingerprint density at radius 2 is 1.77 bits per heavy atom. The van der Waals surface area contributed by atoms with Crippen LogP contribution < -0.4 is 15.2 Å². The molecule has 0 aliphatic carbocycles. The first-order valence-corrected chi connectivity index (χ1v) is 7.55. The Labute approximate surface area is 147 Å². The number of hydrogen-bond donors (Lipinski definition) is 1. The zero-order chi connectivity index (χ0) is 18.5. The monoisotopic (exact) mass is 359 g/mol. The van der Waals surface area contributed by atoms with Gasteiger partial charge in [-0.05, 0) is 28.8 Å². The number of hydrogen-bond acceptors (Lipinski definition) is 7. The molecule has 0 unspecified atom stereocenters. The smallest absolute Gasteiger partial charge is 0.388 e. The molecule has 0 radical (unpaired) electrons. The third-order valence-electron chi connectivity index (χ3n) is 3.50. The molecule has 9 heteroatoms. The summed E-state index contributed by atoms with van der Waals surface area (Å²) >= 11 is 0. The number of ether oxygens (including phenoxy) is 2. The Morgan fingerprint density at radius 1 is 1.04 bits per heavy atom. The second-order valence-corrected chi connectivity index (χ2v) is 5.29. The van der Waals surface area contributed by atoms with E-state index in [9.17, 15) is 8.78 Å². The Bertz CT molecular complexity index is 891. The van der Waals surface area contributed by atoms with Crippen molar-refractivity contribution in [3.05, 3.63) is 54.1 Å². The Balaban J connectivity index is 1.99. The van der Waals surface area contributed by atoms with Crippen molar-refractivity contribution in [1.29, 1.82) is 0 Å². The van der Waals surface area contributed by atoms with Crippen molar-refractivity contribution in [1.82, 2.24) is 19.9 Å². The standard InChI is InChI=1S/C17H15F2N5O2/c1-25-14-6-12(2-3-21-14)13-5-10(7-22-15(13)26-16(18)19)4-11-8-23-17(20)24-9-11/h2-3,5-9,16H,4H2,1H3,(H2,20,23,24). The van der Waals surface area contributed by atoms with Crippen molar-refractivity contribution in [3.8, 4) is 22.9 Å². The lowest BCUT2D eigenvalue weighted by Crippen LogP contribution is -2.06. The second kappa shape index (κ2) is 7.68. The molecule has 0 saturated heterocycles. The normalized spacial score (nSPS) is 10.8. The summed E-state index contributed by atoms with van der Waals surface area (Å²) in [7, 11) is 1.47. The molecule has 0 atom stereocenters. The SMILES string of the molecule is COc1cc(-c2cc(Cc3cnc(N)nc3)cnc2OC(F)F)ccn1. The summed E-state index contributed by atoms with van der Waals surface area (Å²) in [6.45, 7) is -2.98. The highest BCUT2D eigenvalue weighted by molar-refractivity contribution is 5.69. The number of nitrogen functional groups attached to an aromatic ring is 1. The van der Waals surface area contributed by atoms with E-state index in [-0.39, 0.29) is 11.8 Å². The van der Waals surface area contributed by atoms with Crippen molar-refractivity contribution in [3.63, 3.8) is 0 Å². The third-order valence-corrected chi connectivity index (χ3v) is 3.50. The molecule has 26 heavy (non-hydrogen) atoms. The minimum absolute atomic E-state index is 0.175. The van der Waals surface area contributed by atoms with Gasteiger partial charge in [0.2, 0.25) is 17.7 Å². The van der Waals surface area contributed by atoms with Crippen molar-refractivity contribution in [2.75, 3.05) is 12.8 Å². The van der Waals surface area contributed by atoms with E-state index in [0.29, 0.717) is 23.4 Å².